The number of rotatable bonds is 1. The SMILES string of the molecule is O=C(O)C(=O)N1C=CC=C([N+](=O)[O-])C1. The van der Waals surface area contributed by atoms with E-state index in [0.717, 1.165) is 4.90 Å². The van der Waals surface area contributed by atoms with E-state index >= 15 is 0 Å². The van der Waals surface area contributed by atoms with Crippen LogP contribution in [-0.4, -0.2) is 33.4 Å². The van der Waals surface area contributed by atoms with Gasteiger partial charge in [-0.2, -0.15) is 0 Å². The van der Waals surface area contributed by atoms with Crippen LogP contribution in [0.15, 0.2) is 24.0 Å². The molecule has 0 aromatic rings. The summed E-state index contributed by atoms with van der Waals surface area (Å²) in [7, 11) is 0. The van der Waals surface area contributed by atoms with Gasteiger partial charge in [0.1, 0.15) is 6.54 Å². The third-order valence-corrected chi connectivity index (χ3v) is 1.57. The van der Waals surface area contributed by atoms with Gasteiger partial charge in [0.2, 0.25) is 0 Å². The summed E-state index contributed by atoms with van der Waals surface area (Å²) in [5.41, 5.74) is -0.220. The standard InChI is InChI=1S/C7H6N2O5/c10-6(7(11)12)8-3-1-2-5(4-8)9(13)14/h1-3H,4H2,(H,11,12). The van der Waals surface area contributed by atoms with Crippen LogP contribution in [0.25, 0.3) is 0 Å². The molecule has 0 spiro atoms. The summed E-state index contributed by atoms with van der Waals surface area (Å²) >= 11 is 0. The Morgan fingerprint density at radius 2 is 2.21 bits per heavy atom. The van der Waals surface area contributed by atoms with Crippen LogP contribution >= 0.6 is 0 Å². The number of nitro groups is 1. The molecule has 74 valence electrons. The summed E-state index contributed by atoms with van der Waals surface area (Å²) < 4.78 is 0. The van der Waals surface area contributed by atoms with Gasteiger partial charge in [0.15, 0.2) is 0 Å². The molecule has 1 N–H and O–H groups in total. The summed E-state index contributed by atoms with van der Waals surface area (Å²) in [6.45, 7) is -0.325. The molecule has 0 atom stereocenters. The first-order valence-electron chi connectivity index (χ1n) is 3.58. The lowest BCUT2D eigenvalue weighted by Gasteiger charge is -2.16. The fraction of sp³-hybridized carbons (Fsp3) is 0.143. The normalized spacial score (nSPS) is 14.9. The largest absolute Gasteiger partial charge is 0.474 e. The van der Waals surface area contributed by atoms with Gasteiger partial charge in [-0.05, 0) is 6.08 Å². The molecule has 0 aromatic carbocycles. The Balaban J connectivity index is 2.77. The fourth-order valence-corrected chi connectivity index (χ4v) is 0.919. The molecule has 0 saturated heterocycles. The van der Waals surface area contributed by atoms with Gasteiger partial charge in [-0.3, -0.25) is 19.8 Å². The number of carboxylic acids is 1. The summed E-state index contributed by atoms with van der Waals surface area (Å²) in [5, 5.41) is 18.7. The number of carboxylic acid groups (broad SMARTS) is 1. The number of aliphatic carboxylic acids is 1. The third kappa shape index (κ3) is 1.94. The molecular formula is C7H6N2O5. The van der Waals surface area contributed by atoms with Gasteiger partial charge >= 0.3 is 11.9 Å². The molecule has 0 saturated carbocycles. The highest BCUT2D eigenvalue weighted by Gasteiger charge is 2.25. The number of hydrogen-bond donors (Lipinski definition) is 1. The molecule has 0 fully saturated rings. The first-order chi connectivity index (χ1) is 6.52. The van der Waals surface area contributed by atoms with Crippen molar-refractivity contribution in [2.24, 2.45) is 0 Å². The van der Waals surface area contributed by atoms with E-state index in [1.54, 1.807) is 0 Å². The maximum Gasteiger partial charge on any atom is 0.394 e. The van der Waals surface area contributed by atoms with Gasteiger partial charge in [0.25, 0.3) is 5.70 Å². The average molecular weight is 198 g/mol. The minimum Gasteiger partial charge on any atom is -0.474 e. The zero-order valence-corrected chi connectivity index (χ0v) is 6.91. The van der Waals surface area contributed by atoms with Crippen molar-refractivity contribution in [3.63, 3.8) is 0 Å². The smallest absolute Gasteiger partial charge is 0.394 e. The molecule has 0 unspecified atom stereocenters. The van der Waals surface area contributed by atoms with Crippen LogP contribution in [0.3, 0.4) is 0 Å². The molecule has 0 aromatic heterocycles. The van der Waals surface area contributed by atoms with Gasteiger partial charge in [-0.1, -0.05) is 0 Å². The lowest BCUT2D eigenvalue weighted by Crippen LogP contribution is -2.35. The van der Waals surface area contributed by atoms with Crippen molar-refractivity contribution in [2.75, 3.05) is 6.54 Å². The highest BCUT2D eigenvalue weighted by molar-refractivity contribution is 6.31. The molecular weight excluding hydrogens is 192 g/mol. The van der Waals surface area contributed by atoms with Crippen LogP contribution in [0, 0.1) is 10.1 Å². The Hall–Kier alpha value is -2.18. The minimum absolute atomic E-state index is 0.220. The Morgan fingerprint density at radius 3 is 2.71 bits per heavy atom. The van der Waals surface area contributed by atoms with Crippen LogP contribution in [-0.2, 0) is 9.59 Å². The van der Waals surface area contributed by atoms with Crippen LogP contribution in [0.2, 0.25) is 0 Å². The summed E-state index contributed by atoms with van der Waals surface area (Å²) in [4.78, 5) is 31.6. The van der Waals surface area contributed by atoms with Crippen LogP contribution < -0.4 is 0 Å². The fourth-order valence-electron chi connectivity index (χ4n) is 0.919. The summed E-state index contributed by atoms with van der Waals surface area (Å²) in [6.07, 6.45) is 3.65. The van der Waals surface area contributed by atoms with E-state index < -0.39 is 16.8 Å². The number of carbonyl (C=O) groups excluding carboxylic acids is 1. The predicted molar refractivity (Wildman–Crippen MR) is 43.6 cm³/mol. The van der Waals surface area contributed by atoms with Crippen molar-refractivity contribution in [1.29, 1.82) is 0 Å². The third-order valence-electron chi connectivity index (χ3n) is 1.57. The average Bonchev–Trinajstić information content (AvgIpc) is 2.16. The second kappa shape index (κ2) is 3.69. The van der Waals surface area contributed by atoms with E-state index in [4.69, 9.17) is 5.11 Å². The van der Waals surface area contributed by atoms with Crippen LogP contribution in [0.1, 0.15) is 0 Å². The molecule has 1 rings (SSSR count). The molecule has 0 bridgehead atoms. The lowest BCUT2D eigenvalue weighted by molar-refractivity contribution is -0.427. The molecule has 7 heteroatoms. The zero-order chi connectivity index (χ0) is 10.7. The second-order valence-electron chi connectivity index (χ2n) is 2.49. The molecule has 7 nitrogen and oxygen atoms in total. The van der Waals surface area contributed by atoms with Crippen molar-refractivity contribution < 1.29 is 19.6 Å². The topological polar surface area (TPSA) is 101 Å². The van der Waals surface area contributed by atoms with Gasteiger partial charge in [0.05, 0.1) is 4.92 Å². The Bertz CT molecular complexity index is 357. The Labute approximate surface area is 78.1 Å². The molecule has 0 radical (unpaired) electrons. The number of hydrogen-bond acceptors (Lipinski definition) is 4. The molecule has 1 heterocycles. The predicted octanol–water partition coefficient (Wildman–Crippen LogP) is -0.412. The second-order valence-corrected chi connectivity index (χ2v) is 2.49. The van der Waals surface area contributed by atoms with E-state index in [9.17, 15) is 19.7 Å². The van der Waals surface area contributed by atoms with Gasteiger partial charge in [-0.15, -0.1) is 0 Å². The monoisotopic (exact) mass is 198 g/mol. The van der Waals surface area contributed by atoms with E-state index in [-0.39, 0.29) is 12.2 Å². The number of nitrogens with zero attached hydrogens (tertiary/aromatic N) is 2. The van der Waals surface area contributed by atoms with Crippen molar-refractivity contribution in [3.8, 4) is 0 Å². The van der Waals surface area contributed by atoms with Gasteiger partial charge in [0, 0.05) is 12.3 Å². The van der Waals surface area contributed by atoms with E-state index in [1.807, 2.05) is 0 Å². The van der Waals surface area contributed by atoms with Gasteiger partial charge < -0.3 is 5.11 Å². The minimum atomic E-state index is -1.64. The molecule has 1 aliphatic rings. The van der Waals surface area contributed by atoms with Crippen molar-refractivity contribution in [1.82, 2.24) is 4.90 Å². The molecule has 14 heavy (non-hydrogen) atoms. The zero-order valence-electron chi connectivity index (χ0n) is 6.91. The first kappa shape index (κ1) is 9.90. The first-order valence-corrected chi connectivity index (χ1v) is 3.58. The molecule has 1 aliphatic heterocycles. The maximum atomic E-state index is 10.9. The number of allylic oxidation sites excluding steroid dienone is 2. The summed E-state index contributed by atoms with van der Waals surface area (Å²) in [6, 6.07) is 0. The van der Waals surface area contributed by atoms with Crippen molar-refractivity contribution in [2.45, 2.75) is 0 Å². The van der Waals surface area contributed by atoms with E-state index in [1.165, 1.54) is 18.4 Å². The maximum absolute atomic E-state index is 10.9. The number of carbonyl (C=O) groups is 2. The lowest BCUT2D eigenvalue weighted by atomic mass is 10.3. The van der Waals surface area contributed by atoms with Gasteiger partial charge in [-0.25, -0.2) is 4.79 Å². The molecule has 0 aliphatic carbocycles. The van der Waals surface area contributed by atoms with Crippen LogP contribution in [0.4, 0.5) is 0 Å². The van der Waals surface area contributed by atoms with E-state index in [2.05, 4.69) is 0 Å². The van der Waals surface area contributed by atoms with Crippen molar-refractivity contribution >= 4 is 11.9 Å². The summed E-state index contributed by atoms with van der Waals surface area (Å²) in [5.74, 6) is -2.83. The van der Waals surface area contributed by atoms with E-state index in [0.29, 0.717) is 0 Å². The van der Waals surface area contributed by atoms with Crippen molar-refractivity contribution in [3.05, 3.63) is 34.2 Å². The Kier molecular flexibility index (Phi) is 2.61. The molecule has 1 amide bonds. The van der Waals surface area contributed by atoms with Crippen LogP contribution in [0.5, 0.6) is 0 Å². The highest BCUT2D eigenvalue weighted by atomic mass is 16.6. The highest BCUT2D eigenvalue weighted by Crippen LogP contribution is 2.07. The Morgan fingerprint density at radius 1 is 1.57 bits per heavy atom. The number of amides is 1. The quantitative estimate of drug-likeness (QED) is 0.350.